The van der Waals surface area contributed by atoms with E-state index < -0.39 is 5.60 Å². The van der Waals surface area contributed by atoms with Gasteiger partial charge in [-0.2, -0.15) is 0 Å². The normalized spacial score (nSPS) is 10.3. The maximum atomic E-state index is 11.3. The second-order valence-electron chi connectivity index (χ2n) is 4.94. The maximum Gasteiger partial charge on any atom is 1.00 e. The first-order valence-corrected chi connectivity index (χ1v) is 6.93. The summed E-state index contributed by atoms with van der Waals surface area (Å²) < 4.78 is 10.3. The fourth-order valence-electron chi connectivity index (χ4n) is 1.24. The topological polar surface area (TPSA) is 47.6 Å². The molecule has 0 aliphatic rings. The van der Waals surface area contributed by atoms with Crippen LogP contribution in [0.25, 0.3) is 0 Å². The first-order chi connectivity index (χ1) is 8.31. The van der Waals surface area contributed by atoms with Crippen molar-refractivity contribution in [3.05, 3.63) is 0 Å². The second-order valence-corrected chi connectivity index (χ2v) is 5.94. The summed E-state index contributed by atoms with van der Waals surface area (Å²) >= 11 is 9.24. The van der Waals surface area contributed by atoms with Crippen LogP contribution < -0.4 is 56.7 Å². The molecule has 0 aromatic heterocycles. The Balaban J connectivity index is 0. The molecule has 0 unspecified atom stereocenters. The summed E-state index contributed by atoms with van der Waals surface area (Å²) in [7, 11) is 0. The molecule has 0 spiro atoms. The summed E-state index contributed by atoms with van der Waals surface area (Å²) in [6.07, 6.45) is 3.57. The molecule has 0 saturated heterocycles. The molecule has 0 saturated carbocycles. The SMILES string of the molecule is CC(C)(C)OC(=O)NCCCCCCOC(=S)[S-].[K+]. The minimum absolute atomic E-state index is 0. The molecule has 0 aliphatic heterocycles. The van der Waals surface area contributed by atoms with Crippen molar-refractivity contribution in [3.8, 4) is 0 Å². The van der Waals surface area contributed by atoms with Gasteiger partial charge in [0.05, 0.1) is 6.61 Å². The van der Waals surface area contributed by atoms with Crippen LogP contribution in [0, 0.1) is 0 Å². The molecule has 0 aromatic carbocycles. The number of hydrogen-bond acceptors (Lipinski definition) is 5. The van der Waals surface area contributed by atoms with Crippen LogP contribution in [0.3, 0.4) is 0 Å². The number of nitrogens with one attached hydrogen (secondary N) is 1. The fourth-order valence-corrected chi connectivity index (χ4v) is 1.41. The number of rotatable bonds is 7. The standard InChI is InChI=1S/C12H23NO3S2.K/c1-12(2,3)16-10(14)13-8-6-4-5-7-9-15-11(17)18;/h4-9H2,1-3H3,(H,13,14)(H,17,18);/q;+1/p-1. The molecule has 0 heterocycles. The molecule has 0 rings (SSSR count). The van der Waals surface area contributed by atoms with Crippen LogP contribution in [-0.2, 0) is 22.1 Å². The summed E-state index contributed by atoms with van der Waals surface area (Å²) in [5.74, 6) is 0. The zero-order chi connectivity index (χ0) is 14.0. The third kappa shape index (κ3) is 19.0. The Morgan fingerprint density at radius 3 is 2.32 bits per heavy atom. The van der Waals surface area contributed by atoms with Crippen LogP contribution in [0.2, 0.25) is 0 Å². The van der Waals surface area contributed by atoms with E-state index in [-0.39, 0.29) is 61.9 Å². The quantitative estimate of drug-likeness (QED) is 0.306. The molecule has 0 atom stereocenters. The van der Waals surface area contributed by atoms with E-state index in [1.807, 2.05) is 20.8 Å². The van der Waals surface area contributed by atoms with Crippen molar-refractivity contribution in [2.24, 2.45) is 0 Å². The Morgan fingerprint density at radius 2 is 1.79 bits per heavy atom. The van der Waals surface area contributed by atoms with Crippen LogP contribution in [0.1, 0.15) is 46.5 Å². The number of alkyl carbamates (subject to hydrolysis) is 1. The molecule has 1 amide bonds. The van der Waals surface area contributed by atoms with Gasteiger partial charge in [-0.1, -0.05) is 12.8 Å². The third-order valence-electron chi connectivity index (χ3n) is 1.96. The minimum Gasteiger partial charge on any atom is -0.514 e. The van der Waals surface area contributed by atoms with Gasteiger partial charge in [0.2, 0.25) is 0 Å². The Bertz CT molecular complexity index is 270. The number of amides is 1. The van der Waals surface area contributed by atoms with E-state index in [2.05, 4.69) is 30.2 Å². The van der Waals surface area contributed by atoms with Crippen LogP contribution in [0.5, 0.6) is 0 Å². The van der Waals surface area contributed by atoms with Gasteiger partial charge in [0, 0.05) is 10.9 Å². The molecule has 0 radical (unpaired) electrons. The van der Waals surface area contributed by atoms with Crippen LogP contribution in [0.4, 0.5) is 4.79 Å². The number of thiocarbonyl (C=S) groups is 1. The van der Waals surface area contributed by atoms with Crippen molar-refractivity contribution in [1.29, 1.82) is 0 Å². The molecule has 1 N–H and O–H groups in total. The van der Waals surface area contributed by atoms with Crippen LogP contribution in [-0.4, -0.2) is 29.2 Å². The van der Waals surface area contributed by atoms with Crippen molar-refractivity contribution in [2.45, 2.75) is 52.1 Å². The Hall–Kier alpha value is 1.02. The largest absolute Gasteiger partial charge is 1.00 e. The summed E-state index contributed by atoms with van der Waals surface area (Å²) in [5.41, 5.74) is -0.440. The fraction of sp³-hybridized carbons (Fsp3) is 0.833. The first kappa shape index (κ1) is 22.3. The average molecular weight is 332 g/mol. The third-order valence-corrected chi connectivity index (χ3v) is 2.19. The van der Waals surface area contributed by atoms with E-state index in [1.165, 1.54) is 0 Å². The second kappa shape index (κ2) is 12.7. The summed E-state index contributed by atoms with van der Waals surface area (Å²) in [6, 6.07) is 0. The van der Waals surface area contributed by atoms with Crippen molar-refractivity contribution in [2.75, 3.05) is 13.2 Å². The van der Waals surface area contributed by atoms with Gasteiger partial charge in [-0.3, -0.25) is 0 Å². The molecule has 19 heavy (non-hydrogen) atoms. The van der Waals surface area contributed by atoms with E-state index in [0.717, 1.165) is 25.7 Å². The summed E-state index contributed by atoms with van der Waals surface area (Å²) in [4.78, 5) is 11.3. The predicted molar refractivity (Wildman–Crippen MR) is 78.6 cm³/mol. The number of hydrogen-bond donors (Lipinski definition) is 1. The predicted octanol–water partition coefficient (Wildman–Crippen LogP) is -0.0761. The minimum atomic E-state index is -0.440. The number of unbranched alkanes of at least 4 members (excludes halogenated alkanes) is 3. The van der Waals surface area contributed by atoms with Crippen molar-refractivity contribution >= 4 is 35.3 Å². The van der Waals surface area contributed by atoms with E-state index >= 15 is 0 Å². The van der Waals surface area contributed by atoms with Crippen molar-refractivity contribution in [3.63, 3.8) is 0 Å². The zero-order valence-electron chi connectivity index (χ0n) is 12.3. The van der Waals surface area contributed by atoms with Gasteiger partial charge in [-0.25, -0.2) is 4.79 Å². The van der Waals surface area contributed by atoms with Crippen molar-refractivity contribution < 1.29 is 65.7 Å². The van der Waals surface area contributed by atoms with Gasteiger partial charge in [0.25, 0.3) is 0 Å². The Kier molecular flexibility index (Phi) is 14.9. The van der Waals surface area contributed by atoms with Crippen LogP contribution >= 0.6 is 12.2 Å². The molecule has 0 bridgehead atoms. The number of carbonyl (C=O) groups is 1. The Morgan fingerprint density at radius 1 is 1.21 bits per heavy atom. The monoisotopic (exact) mass is 331 g/mol. The van der Waals surface area contributed by atoms with E-state index in [4.69, 9.17) is 9.47 Å². The first-order valence-electron chi connectivity index (χ1n) is 6.12. The maximum absolute atomic E-state index is 11.3. The number of carbonyl (C=O) groups excluding carboxylic acids is 1. The van der Waals surface area contributed by atoms with Gasteiger partial charge < -0.3 is 39.6 Å². The molecular weight excluding hydrogens is 309 g/mol. The van der Waals surface area contributed by atoms with E-state index in [9.17, 15) is 4.79 Å². The Labute approximate surface area is 169 Å². The van der Waals surface area contributed by atoms with Crippen molar-refractivity contribution in [1.82, 2.24) is 5.32 Å². The molecule has 7 heteroatoms. The molecule has 4 nitrogen and oxygen atoms in total. The van der Waals surface area contributed by atoms with Gasteiger partial charge in [-0.05, 0) is 33.6 Å². The summed E-state index contributed by atoms with van der Waals surface area (Å²) in [5, 5.41) is 2.72. The molecule has 0 aliphatic carbocycles. The zero-order valence-corrected chi connectivity index (χ0v) is 17.0. The smallest absolute Gasteiger partial charge is 0.514 e. The average Bonchev–Trinajstić information content (AvgIpc) is 2.18. The van der Waals surface area contributed by atoms with Crippen LogP contribution in [0.15, 0.2) is 0 Å². The van der Waals surface area contributed by atoms with E-state index in [0.29, 0.717) is 13.2 Å². The van der Waals surface area contributed by atoms with Gasteiger partial charge in [-0.15, -0.1) is 0 Å². The number of ether oxygens (including phenoxy) is 2. The molecule has 0 fully saturated rings. The molecule has 0 aromatic rings. The molecular formula is C12H22KNO3S2. The van der Waals surface area contributed by atoms with Gasteiger partial charge in [0.1, 0.15) is 5.60 Å². The van der Waals surface area contributed by atoms with E-state index in [1.54, 1.807) is 0 Å². The van der Waals surface area contributed by atoms with Gasteiger partial charge >= 0.3 is 57.5 Å². The molecule has 106 valence electrons. The summed E-state index contributed by atoms with van der Waals surface area (Å²) in [6.45, 7) is 6.75. The van der Waals surface area contributed by atoms with Gasteiger partial charge in [0.15, 0.2) is 0 Å².